The molecule has 0 radical (unpaired) electrons. The van der Waals surface area contributed by atoms with Crippen LogP contribution < -0.4 is 0 Å². The Balaban J connectivity index is 1.62. The molecular formula is C20H22N2O2S2. The molecule has 136 valence electrons. The molecule has 26 heavy (non-hydrogen) atoms. The van der Waals surface area contributed by atoms with E-state index in [0.717, 1.165) is 37.0 Å². The van der Waals surface area contributed by atoms with Gasteiger partial charge in [0.05, 0.1) is 20.6 Å². The van der Waals surface area contributed by atoms with E-state index in [-0.39, 0.29) is 0 Å². The van der Waals surface area contributed by atoms with Crippen LogP contribution in [0, 0.1) is 0 Å². The molecule has 0 unspecified atom stereocenters. The maximum absolute atomic E-state index is 11.8. The standard InChI is InChI=1S/C20H22N2O2S2/c1-14(15-6-8-20-19(11-15)21-13-25-20)22-9-3-4-16-10-18(26(2,23)24)7-5-17(16)12-22/h5-8,10-11,13-14H,3-4,9,12H2,1-2H3/t14-/m0/s1. The second-order valence-electron chi connectivity index (χ2n) is 7.03. The third-order valence-electron chi connectivity index (χ3n) is 5.26. The summed E-state index contributed by atoms with van der Waals surface area (Å²) in [6.07, 6.45) is 3.23. The number of sulfone groups is 1. The molecule has 1 aromatic heterocycles. The van der Waals surface area contributed by atoms with E-state index in [1.807, 2.05) is 17.6 Å². The molecule has 1 aliphatic rings. The van der Waals surface area contributed by atoms with Crippen molar-refractivity contribution in [2.24, 2.45) is 0 Å². The van der Waals surface area contributed by atoms with Crippen LogP contribution in [0.4, 0.5) is 0 Å². The topological polar surface area (TPSA) is 50.3 Å². The van der Waals surface area contributed by atoms with Gasteiger partial charge < -0.3 is 0 Å². The molecule has 0 amide bonds. The summed E-state index contributed by atoms with van der Waals surface area (Å²) < 4.78 is 24.9. The lowest BCUT2D eigenvalue weighted by atomic mass is 10.0. The summed E-state index contributed by atoms with van der Waals surface area (Å²) in [5.74, 6) is 0. The van der Waals surface area contributed by atoms with Gasteiger partial charge in [0.15, 0.2) is 9.84 Å². The highest BCUT2D eigenvalue weighted by molar-refractivity contribution is 7.90. The van der Waals surface area contributed by atoms with Gasteiger partial charge in [-0.15, -0.1) is 11.3 Å². The zero-order valence-electron chi connectivity index (χ0n) is 15.0. The predicted molar refractivity (Wildman–Crippen MR) is 106 cm³/mol. The highest BCUT2D eigenvalue weighted by Crippen LogP contribution is 2.30. The van der Waals surface area contributed by atoms with Gasteiger partial charge in [0.2, 0.25) is 0 Å². The highest BCUT2D eigenvalue weighted by Gasteiger charge is 2.21. The molecule has 0 fully saturated rings. The number of benzene rings is 2. The summed E-state index contributed by atoms with van der Waals surface area (Å²) in [5, 5.41) is 0. The van der Waals surface area contributed by atoms with Crippen LogP contribution in [0.25, 0.3) is 10.2 Å². The molecule has 4 rings (SSSR count). The number of thiazole rings is 1. The number of aryl methyl sites for hydroxylation is 1. The highest BCUT2D eigenvalue weighted by atomic mass is 32.2. The van der Waals surface area contributed by atoms with E-state index < -0.39 is 9.84 Å². The van der Waals surface area contributed by atoms with Crippen LogP contribution >= 0.6 is 11.3 Å². The molecule has 1 atom stereocenters. The lowest BCUT2D eigenvalue weighted by Gasteiger charge is -2.28. The van der Waals surface area contributed by atoms with Crippen molar-refractivity contribution >= 4 is 31.4 Å². The Labute approximate surface area is 158 Å². The van der Waals surface area contributed by atoms with E-state index in [1.165, 1.54) is 22.1 Å². The third kappa shape index (κ3) is 3.41. The Bertz CT molecular complexity index is 1060. The first-order valence-corrected chi connectivity index (χ1v) is 11.6. The lowest BCUT2D eigenvalue weighted by Crippen LogP contribution is -2.26. The molecule has 0 saturated heterocycles. The number of nitrogens with zero attached hydrogens (tertiary/aromatic N) is 2. The summed E-state index contributed by atoms with van der Waals surface area (Å²) >= 11 is 1.67. The van der Waals surface area contributed by atoms with Crippen molar-refractivity contribution in [1.82, 2.24) is 9.88 Å². The molecule has 0 bridgehead atoms. The molecule has 2 aromatic carbocycles. The smallest absolute Gasteiger partial charge is 0.175 e. The summed E-state index contributed by atoms with van der Waals surface area (Å²) in [7, 11) is -3.16. The average Bonchev–Trinajstić information content (AvgIpc) is 2.97. The molecule has 1 aliphatic heterocycles. The van der Waals surface area contributed by atoms with E-state index in [2.05, 4.69) is 35.0 Å². The Morgan fingerprint density at radius 3 is 2.81 bits per heavy atom. The van der Waals surface area contributed by atoms with Crippen LogP contribution in [0.15, 0.2) is 46.8 Å². The molecule has 0 saturated carbocycles. The minimum Gasteiger partial charge on any atom is -0.292 e. The van der Waals surface area contributed by atoms with Crippen molar-refractivity contribution in [3.63, 3.8) is 0 Å². The molecular weight excluding hydrogens is 364 g/mol. The molecule has 0 N–H and O–H groups in total. The van der Waals surface area contributed by atoms with Crippen molar-refractivity contribution in [2.45, 2.75) is 37.2 Å². The number of rotatable bonds is 3. The van der Waals surface area contributed by atoms with E-state index in [9.17, 15) is 8.42 Å². The second-order valence-corrected chi connectivity index (χ2v) is 9.93. The molecule has 2 heterocycles. The fourth-order valence-electron chi connectivity index (χ4n) is 3.67. The van der Waals surface area contributed by atoms with Crippen LogP contribution in [-0.4, -0.2) is 31.1 Å². The van der Waals surface area contributed by atoms with Gasteiger partial charge in [-0.25, -0.2) is 13.4 Å². The van der Waals surface area contributed by atoms with Crippen LogP contribution in [0.2, 0.25) is 0 Å². The fraction of sp³-hybridized carbons (Fsp3) is 0.350. The first-order valence-electron chi connectivity index (χ1n) is 8.81. The average molecular weight is 387 g/mol. The van der Waals surface area contributed by atoms with Gasteiger partial charge in [-0.05, 0) is 67.3 Å². The molecule has 4 nitrogen and oxygen atoms in total. The number of fused-ring (bicyclic) bond motifs is 2. The summed E-state index contributed by atoms with van der Waals surface area (Å²) in [6.45, 7) is 4.08. The zero-order valence-corrected chi connectivity index (χ0v) is 16.6. The first-order chi connectivity index (χ1) is 12.4. The minimum atomic E-state index is -3.16. The monoisotopic (exact) mass is 386 g/mol. The van der Waals surface area contributed by atoms with Gasteiger partial charge >= 0.3 is 0 Å². The quantitative estimate of drug-likeness (QED) is 0.677. The largest absolute Gasteiger partial charge is 0.292 e. The van der Waals surface area contributed by atoms with Gasteiger partial charge in [0, 0.05) is 18.8 Å². The van der Waals surface area contributed by atoms with Gasteiger partial charge in [-0.1, -0.05) is 12.1 Å². The molecule has 0 spiro atoms. The van der Waals surface area contributed by atoms with Crippen LogP contribution in [0.1, 0.15) is 36.1 Å². The molecule has 3 aromatic rings. The lowest BCUT2D eigenvalue weighted by molar-refractivity contribution is 0.205. The fourth-order valence-corrected chi connectivity index (χ4v) is 5.00. The Hall–Kier alpha value is -1.76. The maximum Gasteiger partial charge on any atom is 0.175 e. The normalized spacial score (nSPS) is 17.0. The van der Waals surface area contributed by atoms with Gasteiger partial charge in [0.25, 0.3) is 0 Å². The second kappa shape index (κ2) is 6.76. The van der Waals surface area contributed by atoms with Crippen molar-refractivity contribution in [1.29, 1.82) is 0 Å². The summed E-state index contributed by atoms with van der Waals surface area (Å²) in [4.78, 5) is 7.33. The van der Waals surface area contributed by atoms with Crippen LogP contribution in [0.3, 0.4) is 0 Å². The third-order valence-corrected chi connectivity index (χ3v) is 7.18. The minimum absolute atomic E-state index is 0.293. The van der Waals surface area contributed by atoms with E-state index in [0.29, 0.717) is 10.9 Å². The Kier molecular flexibility index (Phi) is 4.59. The van der Waals surface area contributed by atoms with E-state index >= 15 is 0 Å². The van der Waals surface area contributed by atoms with Crippen molar-refractivity contribution in [3.8, 4) is 0 Å². The van der Waals surface area contributed by atoms with E-state index in [4.69, 9.17) is 0 Å². The van der Waals surface area contributed by atoms with Crippen molar-refractivity contribution in [3.05, 3.63) is 58.6 Å². The Morgan fingerprint density at radius 2 is 2.00 bits per heavy atom. The van der Waals surface area contributed by atoms with Crippen LogP contribution in [-0.2, 0) is 22.8 Å². The summed E-state index contributed by atoms with van der Waals surface area (Å²) in [6, 6.07) is 12.4. The number of aromatic nitrogens is 1. The zero-order chi connectivity index (χ0) is 18.3. The van der Waals surface area contributed by atoms with Gasteiger partial charge in [-0.3, -0.25) is 4.90 Å². The molecule has 6 heteroatoms. The van der Waals surface area contributed by atoms with Gasteiger partial charge in [0.1, 0.15) is 0 Å². The van der Waals surface area contributed by atoms with Crippen molar-refractivity contribution in [2.75, 3.05) is 12.8 Å². The van der Waals surface area contributed by atoms with Crippen molar-refractivity contribution < 1.29 is 8.42 Å². The number of hydrogen-bond donors (Lipinski definition) is 0. The van der Waals surface area contributed by atoms with Crippen LogP contribution in [0.5, 0.6) is 0 Å². The SMILES string of the molecule is C[C@@H](c1ccc2scnc2c1)N1CCCc2cc(S(C)(=O)=O)ccc2C1. The summed E-state index contributed by atoms with van der Waals surface area (Å²) in [5.41, 5.74) is 6.63. The molecule has 0 aliphatic carbocycles. The van der Waals surface area contributed by atoms with Gasteiger partial charge in [-0.2, -0.15) is 0 Å². The predicted octanol–water partition coefficient (Wildman–Crippen LogP) is 4.21. The Morgan fingerprint density at radius 1 is 1.15 bits per heavy atom. The number of hydrogen-bond acceptors (Lipinski definition) is 5. The maximum atomic E-state index is 11.8. The first kappa shape index (κ1) is 17.6. The van der Waals surface area contributed by atoms with E-state index in [1.54, 1.807) is 17.4 Å².